The molecule has 1 atom stereocenters. The van der Waals surface area contributed by atoms with Crippen LogP contribution in [0.5, 0.6) is 0 Å². The molecule has 2 aliphatic rings. The zero-order chi connectivity index (χ0) is 13.6. The predicted molar refractivity (Wildman–Crippen MR) is 84.5 cm³/mol. The largest absolute Gasteiger partial charge is 0.254 e. The van der Waals surface area contributed by atoms with Crippen molar-refractivity contribution in [3.63, 3.8) is 0 Å². The monoisotopic (exact) mass is 272 g/mol. The molecule has 0 saturated heterocycles. The predicted octanol–water partition coefficient (Wildman–Crippen LogP) is 4.27. The summed E-state index contributed by atoms with van der Waals surface area (Å²) in [7, 11) is 0. The van der Waals surface area contributed by atoms with Crippen LogP contribution in [0.1, 0.15) is 75.0 Å². The fraction of sp³-hybridized carbons (Fsp3) is 0.667. The van der Waals surface area contributed by atoms with Gasteiger partial charge in [-0.2, -0.15) is 0 Å². The zero-order valence-electron chi connectivity index (χ0n) is 12.5. The lowest BCUT2D eigenvalue weighted by Crippen LogP contribution is -2.44. The maximum atomic E-state index is 3.65. The molecule has 2 N–H and O–H groups in total. The molecule has 1 unspecified atom stereocenters. The van der Waals surface area contributed by atoms with Crippen LogP contribution in [0.2, 0.25) is 0 Å². The molecule has 0 heterocycles. The van der Waals surface area contributed by atoms with Crippen LogP contribution in [0.25, 0.3) is 0 Å². The van der Waals surface area contributed by atoms with Crippen LogP contribution in [0, 0.1) is 0 Å². The van der Waals surface area contributed by atoms with E-state index in [0.29, 0.717) is 12.1 Å². The van der Waals surface area contributed by atoms with E-state index in [1.807, 2.05) is 0 Å². The van der Waals surface area contributed by atoms with E-state index in [2.05, 4.69) is 35.1 Å². The quantitative estimate of drug-likeness (QED) is 0.803. The Morgan fingerprint density at radius 1 is 0.750 bits per heavy atom. The average Bonchev–Trinajstić information content (AvgIpc) is 2.46. The van der Waals surface area contributed by atoms with E-state index in [4.69, 9.17) is 0 Å². The Balaban J connectivity index is 1.55. The molecule has 1 aromatic carbocycles. The summed E-state index contributed by atoms with van der Waals surface area (Å²) in [4.78, 5) is 0. The summed E-state index contributed by atoms with van der Waals surface area (Å²) in [6.07, 6.45) is 13.5. The maximum Gasteiger partial charge on any atom is 0.0465 e. The van der Waals surface area contributed by atoms with Gasteiger partial charge in [-0.1, -0.05) is 56.4 Å². The summed E-state index contributed by atoms with van der Waals surface area (Å²) < 4.78 is 0. The Bertz CT molecular complexity index is 408. The number of hydrogen-bond donors (Lipinski definition) is 2. The van der Waals surface area contributed by atoms with Gasteiger partial charge < -0.3 is 0 Å². The summed E-state index contributed by atoms with van der Waals surface area (Å²) in [5.74, 6) is 0. The van der Waals surface area contributed by atoms with Gasteiger partial charge >= 0.3 is 0 Å². The van der Waals surface area contributed by atoms with Gasteiger partial charge in [-0.15, -0.1) is 0 Å². The van der Waals surface area contributed by atoms with Crippen LogP contribution >= 0.6 is 0 Å². The molecule has 2 aliphatic carbocycles. The Hall–Kier alpha value is -0.860. The summed E-state index contributed by atoms with van der Waals surface area (Å²) in [5.41, 5.74) is 10.3. The summed E-state index contributed by atoms with van der Waals surface area (Å²) in [5, 5.41) is 0. The molecule has 0 radical (unpaired) electrons. The van der Waals surface area contributed by atoms with Crippen molar-refractivity contribution >= 4 is 0 Å². The fourth-order valence-electron chi connectivity index (χ4n) is 3.72. The van der Waals surface area contributed by atoms with Gasteiger partial charge in [0, 0.05) is 12.1 Å². The summed E-state index contributed by atoms with van der Waals surface area (Å²) >= 11 is 0. The minimum Gasteiger partial charge on any atom is -0.254 e. The minimum absolute atomic E-state index is 0.505. The number of fused-ring (bicyclic) bond motifs is 1. The van der Waals surface area contributed by atoms with Crippen molar-refractivity contribution in [2.24, 2.45) is 0 Å². The van der Waals surface area contributed by atoms with Crippen LogP contribution in [0.3, 0.4) is 0 Å². The number of rotatable bonds is 3. The minimum atomic E-state index is 0.505. The van der Waals surface area contributed by atoms with E-state index in [-0.39, 0.29) is 0 Å². The number of nitrogens with one attached hydrogen (secondary N) is 2. The van der Waals surface area contributed by atoms with Crippen molar-refractivity contribution in [2.75, 3.05) is 0 Å². The van der Waals surface area contributed by atoms with Crippen molar-refractivity contribution in [1.82, 2.24) is 10.9 Å². The molecule has 0 aromatic heterocycles. The van der Waals surface area contributed by atoms with Gasteiger partial charge in [0.05, 0.1) is 0 Å². The molecule has 0 spiro atoms. The van der Waals surface area contributed by atoms with Crippen LogP contribution in [0.4, 0.5) is 0 Å². The lowest BCUT2D eigenvalue weighted by Gasteiger charge is -2.29. The van der Waals surface area contributed by atoms with Crippen molar-refractivity contribution in [2.45, 2.75) is 76.3 Å². The molecule has 110 valence electrons. The number of benzene rings is 1. The highest BCUT2D eigenvalue weighted by molar-refractivity contribution is 5.31. The molecule has 0 bridgehead atoms. The van der Waals surface area contributed by atoms with Gasteiger partial charge in [0.15, 0.2) is 0 Å². The van der Waals surface area contributed by atoms with Crippen LogP contribution in [0.15, 0.2) is 24.3 Å². The first-order valence-electron chi connectivity index (χ1n) is 8.52. The third-order valence-corrected chi connectivity index (χ3v) is 4.94. The van der Waals surface area contributed by atoms with Crippen LogP contribution in [-0.2, 0) is 6.42 Å². The highest BCUT2D eigenvalue weighted by Crippen LogP contribution is 2.29. The molecule has 1 aromatic rings. The van der Waals surface area contributed by atoms with Crippen molar-refractivity contribution < 1.29 is 0 Å². The van der Waals surface area contributed by atoms with E-state index in [9.17, 15) is 0 Å². The highest BCUT2D eigenvalue weighted by Gasteiger charge is 2.20. The standard InChI is InChI=1S/C18H28N2/c1-2-4-11-16(12-5-3-1)19-20-18-14-8-10-15-9-6-7-13-17(15)18/h6-7,9,13,16,18-20H,1-5,8,10-12,14H2. The smallest absolute Gasteiger partial charge is 0.0465 e. The Morgan fingerprint density at radius 3 is 2.35 bits per heavy atom. The maximum absolute atomic E-state index is 3.65. The third kappa shape index (κ3) is 3.62. The van der Waals surface area contributed by atoms with Gasteiger partial charge in [-0.05, 0) is 43.2 Å². The number of hydrogen-bond acceptors (Lipinski definition) is 2. The Kier molecular flexibility index (Phi) is 5.10. The third-order valence-electron chi connectivity index (χ3n) is 4.94. The molecule has 0 amide bonds. The van der Waals surface area contributed by atoms with Crippen molar-refractivity contribution in [1.29, 1.82) is 0 Å². The van der Waals surface area contributed by atoms with E-state index < -0.39 is 0 Å². The fourth-order valence-corrected chi connectivity index (χ4v) is 3.72. The molecule has 3 rings (SSSR count). The van der Waals surface area contributed by atoms with Gasteiger partial charge in [-0.25, -0.2) is 0 Å². The summed E-state index contributed by atoms with van der Waals surface area (Å²) in [6.45, 7) is 0. The molecular formula is C18H28N2. The van der Waals surface area contributed by atoms with Crippen molar-refractivity contribution in [3.05, 3.63) is 35.4 Å². The molecule has 20 heavy (non-hydrogen) atoms. The zero-order valence-corrected chi connectivity index (χ0v) is 12.5. The lowest BCUT2D eigenvalue weighted by molar-refractivity contribution is 0.307. The highest BCUT2D eigenvalue weighted by atomic mass is 15.4. The van der Waals surface area contributed by atoms with Gasteiger partial charge in [0.25, 0.3) is 0 Å². The van der Waals surface area contributed by atoms with E-state index in [1.54, 1.807) is 0 Å². The normalized spacial score (nSPS) is 24.7. The number of aryl methyl sites for hydroxylation is 1. The molecular weight excluding hydrogens is 244 g/mol. The Morgan fingerprint density at radius 2 is 1.50 bits per heavy atom. The molecule has 2 nitrogen and oxygen atoms in total. The van der Waals surface area contributed by atoms with E-state index in [1.165, 1.54) is 75.3 Å². The second kappa shape index (κ2) is 7.24. The van der Waals surface area contributed by atoms with Gasteiger partial charge in [-0.3, -0.25) is 10.9 Å². The topological polar surface area (TPSA) is 24.1 Å². The van der Waals surface area contributed by atoms with E-state index in [0.717, 1.165) is 0 Å². The van der Waals surface area contributed by atoms with Crippen LogP contribution < -0.4 is 10.9 Å². The first-order valence-corrected chi connectivity index (χ1v) is 8.52. The second-order valence-electron chi connectivity index (χ2n) is 6.47. The molecule has 1 fully saturated rings. The first-order chi connectivity index (χ1) is 9.93. The second-order valence-corrected chi connectivity index (χ2v) is 6.47. The van der Waals surface area contributed by atoms with Gasteiger partial charge in [0.2, 0.25) is 0 Å². The summed E-state index contributed by atoms with van der Waals surface area (Å²) in [6, 6.07) is 10.1. The number of hydrazine groups is 1. The Labute approximate surface area is 123 Å². The van der Waals surface area contributed by atoms with Crippen molar-refractivity contribution in [3.8, 4) is 0 Å². The van der Waals surface area contributed by atoms with E-state index >= 15 is 0 Å². The molecule has 2 heteroatoms. The SMILES string of the molecule is c1ccc2c(c1)CCCC2NNC1CCCCCCC1. The van der Waals surface area contributed by atoms with Gasteiger partial charge in [0.1, 0.15) is 0 Å². The molecule has 0 aliphatic heterocycles. The first kappa shape index (κ1) is 14.1. The average molecular weight is 272 g/mol. The lowest BCUT2D eigenvalue weighted by atomic mass is 9.88. The molecule has 1 saturated carbocycles. The van der Waals surface area contributed by atoms with Crippen LogP contribution in [-0.4, -0.2) is 6.04 Å².